The first-order chi connectivity index (χ1) is 6.77. The molecule has 0 aromatic carbocycles. The van der Waals surface area contributed by atoms with Crippen molar-refractivity contribution in [3.8, 4) is 0 Å². The molecule has 2 rings (SSSR count). The van der Waals surface area contributed by atoms with Gasteiger partial charge in [-0.2, -0.15) is 11.8 Å². The average molecular weight is 213 g/mol. The quantitative estimate of drug-likeness (QED) is 0.773. The van der Waals surface area contributed by atoms with Crippen molar-refractivity contribution in [3.63, 3.8) is 0 Å². The second kappa shape index (κ2) is 4.89. The van der Waals surface area contributed by atoms with Crippen LogP contribution >= 0.6 is 11.8 Å². The van der Waals surface area contributed by atoms with E-state index in [1.807, 2.05) is 0 Å². The van der Waals surface area contributed by atoms with Gasteiger partial charge in [-0.05, 0) is 30.7 Å². The molecule has 2 heteroatoms. The number of hydrogen-bond donors (Lipinski definition) is 1. The normalized spacial score (nSPS) is 39.4. The molecule has 0 amide bonds. The van der Waals surface area contributed by atoms with Crippen LogP contribution in [-0.4, -0.2) is 24.1 Å². The van der Waals surface area contributed by atoms with Crippen LogP contribution in [0.5, 0.6) is 0 Å². The Morgan fingerprint density at radius 3 is 2.64 bits per heavy atom. The van der Waals surface area contributed by atoms with E-state index in [1.165, 1.54) is 37.3 Å². The summed E-state index contributed by atoms with van der Waals surface area (Å²) in [5.74, 6) is 5.52. The first-order valence-corrected chi connectivity index (χ1v) is 7.24. The van der Waals surface area contributed by atoms with Crippen molar-refractivity contribution in [3.05, 3.63) is 0 Å². The summed E-state index contributed by atoms with van der Waals surface area (Å²) in [5.41, 5.74) is 0. The van der Waals surface area contributed by atoms with Crippen LogP contribution in [0.15, 0.2) is 0 Å². The first-order valence-electron chi connectivity index (χ1n) is 6.08. The zero-order chi connectivity index (χ0) is 9.97. The lowest BCUT2D eigenvalue weighted by Crippen LogP contribution is -2.44. The van der Waals surface area contributed by atoms with Gasteiger partial charge in [-0.3, -0.25) is 0 Å². The SMILES string of the molecule is CC1CCCC(CNC2CSC2)C1C. The molecule has 3 atom stereocenters. The second-order valence-corrected chi connectivity index (χ2v) is 6.24. The summed E-state index contributed by atoms with van der Waals surface area (Å²) >= 11 is 2.07. The lowest BCUT2D eigenvalue weighted by molar-refractivity contribution is 0.176. The van der Waals surface area contributed by atoms with Crippen LogP contribution < -0.4 is 5.32 Å². The van der Waals surface area contributed by atoms with E-state index in [0.717, 1.165) is 23.8 Å². The minimum atomic E-state index is 0.837. The maximum atomic E-state index is 3.72. The van der Waals surface area contributed by atoms with Gasteiger partial charge in [-0.25, -0.2) is 0 Å². The summed E-state index contributed by atoms with van der Waals surface area (Å²) in [6.45, 7) is 6.15. The van der Waals surface area contributed by atoms with Crippen molar-refractivity contribution >= 4 is 11.8 Å². The van der Waals surface area contributed by atoms with Gasteiger partial charge in [0.2, 0.25) is 0 Å². The number of hydrogen-bond acceptors (Lipinski definition) is 2. The fraction of sp³-hybridized carbons (Fsp3) is 1.00. The van der Waals surface area contributed by atoms with Crippen LogP contribution in [0.1, 0.15) is 33.1 Å². The molecule has 1 aliphatic carbocycles. The second-order valence-electron chi connectivity index (χ2n) is 5.17. The van der Waals surface area contributed by atoms with E-state index in [1.54, 1.807) is 0 Å². The summed E-state index contributed by atoms with van der Waals surface area (Å²) < 4.78 is 0. The Hall–Kier alpha value is 0.310. The molecular weight excluding hydrogens is 190 g/mol. The van der Waals surface area contributed by atoms with Crippen molar-refractivity contribution in [1.29, 1.82) is 0 Å². The van der Waals surface area contributed by atoms with Crippen molar-refractivity contribution in [2.75, 3.05) is 18.1 Å². The Kier molecular flexibility index (Phi) is 3.78. The molecule has 1 saturated heterocycles. The Balaban J connectivity index is 1.72. The molecule has 0 aromatic rings. The zero-order valence-electron chi connectivity index (χ0n) is 9.46. The number of thioether (sulfide) groups is 1. The summed E-state index contributed by atoms with van der Waals surface area (Å²) in [6, 6.07) is 0.837. The van der Waals surface area contributed by atoms with Gasteiger partial charge < -0.3 is 5.32 Å². The maximum absolute atomic E-state index is 3.72. The molecule has 0 spiro atoms. The molecule has 14 heavy (non-hydrogen) atoms. The highest BCUT2D eigenvalue weighted by Gasteiger charge is 2.28. The van der Waals surface area contributed by atoms with E-state index >= 15 is 0 Å². The molecular formula is C12H23NS. The monoisotopic (exact) mass is 213 g/mol. The van der Waals surface area contributed by atoms with Crippen LogP contribution in [0.3, 0.4) is 0 Å². The van der Waals surface area contributed by atoms with Gasteiger partial charge in [-0.15, -0.1) is 0 Å². The van der Waals surface area contributed by atoms with Crippen molar-refractivity contribution in [2.24, 2.45) is 17.8 Å². The van der Waals surface area contributed by atoms with Crippen molar-refractivity contribution in [2.45, 2.75) is 39.2 Å². The Morgan fingerprint density at radius 2 is 2.00 bits per heavy atom. The number of rotatable bonds is 3. The van der Waals surface area contributed by atoms with E-state index < -0.39 is 0 Å². The molecule has 1 saturated carbocycles. The fourth-order valence-corrected chi connectivity index (χ4v) is 3.36. The molecule has 1 heterocycles. The van der Waals surface area contributed by atoms with Gasteiger partial charge in [0.05, 0.1) is 0 Å². The van der Waals surface area contributed by atoms with E-state index in [2.05, 4.69) is 30.9 Å². The minimum Gasteiger partial charge on any atom is -0.312 e. The van der Waals surface area contributed by atoms with Gasteiger partial charge >= 0.3 is 0 Å². The molecule has 2 aliphatic rings. The van der Waals surface area contributed by atoms with Crippen LogP contribution in [0.25, 0.3) is 0 Å². The van der Waals surface area contributed by atoms with Crippen molar-refractivity contribution in [1.82, 2.24) is 5.32 Å². The summed E-state index contributed by atoms with van der Waals surface area (Å²) in [7, 11) is 0. The molecule has 2 fully saturated rings. The third-order valence-electron chi connectivity index (χ3n) is 4.18. The highest BCUT2D eigenvalue weighted by molar-refractivity contribution is 8.00. The standard InChI is InChI=1S/C12H23NS/c1-9-4-3-5-11(10(9)2)6-13-12-7-14-8-12/h9-13H,3-8H2,1-2H3. The smallest absolute Gasteiger partial charge is 0.0248 e. The summed E-state index contributed by atoms with van der Waals surface area (Å²) in [4.78, 5) is 0. The third-order valence-corrected chi connectivity index (χ3v) is 5.46. The van der Waals surface area contributed by atoms with Gasteiger partial charge in [-0.1, -0.05) is 26.7 Å². The zero-order valence-corrected chi connectivity index (χ0v) is 10.3. The first kappa shape index (κ1) is 10.8. The largest absolute Gasteiger partial charge is 0.312 e. The molecule has 1 aliphatic heterocycles. The molecule has 1 nitrogen and oxygen atoms in total. The maximum Gasteiger partial charge on any atom is 0.0248 e. The highest BCUT2D eigenvalue weighted by Crippen LogP contribution is 2.34. The Morgan fingerprint density at radius 1 is 1.21 bits per heavy atom. The van der Waals surface area contributed by atoms with E-state index in [4.69, 9.17) is 0 Å². The molecule has 1 N–H and O–H groups in total. The predicted octanol–water partition coefficient (Wildman–Crippen LogP) is 2.76. The fourth-order valence-electron chi connectivity index (χ4n) is 2.65. The van der Waals surface area contributed by atoms with E-state index in [-0.39, 0.29) is 0 Å². The van der Waals surface area contributed by atoms with Gasteiger partial charge in [0, 0.05) is 17.5 Å². The lowest BCUT2D eigenvalue weighted by Gasteiger charge is -2.36. The Labute approximate surface area is 92.4 Å². The van der Waals surface area contributed by atoms with Gasteiger partial charge in [0.25, 0.3) is 0 Å². The summed E-state index contributed by atoms with van der Waals surface area (Å²) in [5, 5.41) is 3.72. The topological polar surface area (TPSA) is 12.0 Å². The van der Waals surface area contributed by atoms with E-state index in [0.29, 0.717) is 0 Å². The molecule has 0 radical (unpaired) electrons. The van der Waals surface area contributed by atoms with Crippen LogP contribution in [0.4, 0.5) is 0 Å². The summed E-state index contributed by atoms with van der Waals surface area (Å²) in [6.07, 6.45) is 4.37. The molecule has 82 valence electrons. The third kappa shape index (κ3) is 2.46. The molecule has 0 aromatic heterocycles. The molecule has 0 bridgehead atoms. The van der Waals surface area contributed by atoms with Crippen LogP contribution in [0, 0.1) is 17.8 Å². The highest BCUT2D eigenvalue weighted by atomic mass is 32.2. The minimum absolute atomic E-state index is 0.837. The van der Waals surface area contributed by atoms with Gasteiger partial charge in [0.1, 0.15) is 0 Å². The van der Waals surface area contributed by atoms with Gasteiger partial charge in [0.15, 0.2) is 0 Å². The predicted molar refractivity (Wildman–Crippen MR) is 64.8 cm³/mol. The lowest BCUT2D eigenvalue weighted by atomic mass is 9.74. The number of nitrogens with one attached hydrogen (secondary N) is 1. The average Bonchev–Trinajstić information content (AvgIpc) is 2.09. The van der Waals surface area contributed by atoms with E-state index in [9.17, 15) is 0 Å². The van der Waals surface area contributed by atoms with Crippen LogP contribution in [0.2, 0.25) is 0 Å². The Bertz CT molecular complexity index is 179. The van der Waals surface area contributed by atoms with Crippen LogP contribution in [-0.2, 0) is 0 Å². The molecule has 3 unspecified atom stereocenters. The van der Waals surface area contributed by atoms with Crippen molar-refractivity contribution < 1.29 is 0 Å².